The van der Waals surface area contributed by atoms with Gasteiger partial charge in [0.1, 0.15) is 11.2 Å². The van der Waals surface area contributed by atoms with E-state index in [-0.39, 0.29) is 0 Å². The largest absolute Gasteiger partial charge is 0.456 e. The molecule has 0 aliphatic rings. The van der Waals surface area contributed by atoms with Crippen molar-refractivity contribution in [2.24, 2.45) is 0 Å². The van der Waals surface area contributed by atoms with Crippen LogP contribution in [0, 0.1) is 0 Å². The van der Waals surface area contributed by atoms with Gasteiger partial charge in [0.15, 0.2) is 0 Å². The van der Waals surface area contributed by atoms with Crippen LogP contribution < -0.4 is 0 Å². The maximum absolute atomic E-state index is 6.49. The molecule has 0 atom stereocenters. The molecule has 0 radical (unpaired) electrons. The Morgan fingerprint density at radius 3 is 1.54 bits per heavy atom. The highest BCUT2D eigenvalue weighted by atomic mass is 16.3. The van der Waals surface area contributed by atoms with E-state index in [0.29, 0.717) is 0 Å². The monoisotopic (exact) mass is 520 g/mol. The minimum absolute atomic E-state index is 0.917. The first-order valence-corrected chi connectivity index (χ1v) is 14.1. The van der Waals surface area contributed by atoms with Gasteiger partial charge in [0.25, 0.3) is 0 Å². The molecule has 0 saturated carbocycles. The van der Waals surface area contributed by atoms with Gasteiger partial charge in [0, 0.05) is 16.3 Å². The highest BCUT2D eigenvalue weighted by molar-refractivity contribution is 6.30. The summed E-state index contributed by atoms with van der Waals surface area (Å²) in [6, 6.07) is 52.5. The Labute approximate surface area is 236 Å². The van der Waals surface area contributed by atoms with Crippen molar-refractivity contribution in [1.29, 1.82) is 0 Å². The molecule has 9 rings (SSSR count). The van der Waals surface area contributed by atoms with Crippen LogP contribution in [0.15, 0.2) is 150 Å². The molecule has 0 unspecified atom stereocenters. The maximum Gasteiger partial charge on any atom is 0.136 e. The zero-order valence-electron chi connectivity index (χ0n) is 22.3. The fourth-order valence-corrected chi connectivity index (χ4v) is 6.94. The second-order valence-corrected chi connectivity index (χ2v) is 10.8. The Morgan fingerprint density at radius 2 is 0.829 bits per heavy atom. The molecule has 0 amide bonds. The second-order valence-electron chi connectivity index (χ2n) is 10.8. The Kier molecular flexibility index (Phi) is 4.67. The van der Waals surface area contributed by atoms with E-state index in [1.807, 2.05) is 6.07 Å². The van der Waals surface area contributed by atoms with E-state index < -0.39 is 0 Å². The number of rotatable bonds is 2. The summed E-state index contributed by atoms with van der Waals surface area (Å²) in [5, 5.41) is 12.3. The maximum atomic E-state index is 6.49. The van der Waals surface area contributed by atoms with Crippen molar-refractivity contribution >= 4 is 65.0 Å². The van der Waals surface area contributed by atoms with Crippen LogP contribution in [0.4, 0.5) is 0 Å². The van der Waals surface area contributed by atoms with Gasteiger partial charge in [-0.25, -0.2) is 0 Å². The topological polar surface area (TPSA) is 13.1 Å². The molecule has 8 aromatic carbocycles. The molecule has 9 aromatic rings. The molecule has 1 aromatic heterocycles. The molecule has 0 bridgehead atoms. The van der Waals surface area contributed by atoms with Crippen molar-refractivity contribution < 1.29 is 4.42 Å². The number of benzene rings is 8. The Hall–Kier alpha value is -5.40. The van der Waals surface area contributed by atoms with Crippen molar-refractivity contribution in [3.8, 4) is 22.3 Å². The first-order valence-electron chi connectivity index (χ1n) is 14.1. The normalized spacial score (nSPS) is 11.9. The van der Waals surface area contributed by atoms with Gasteiger partial charge in [0.05, 0.1) is 0 Å². The second kappa shape index (κ2) is 8.55. The van der Waals surface area contributed by atoms with E-state index in [0.717, 1.165) is 16.6 Å². The number of hydrogen-bond donors (Lipinski definition) is 0. The minimum Gasteiger partial charge on any atom is -0.456 e. The van der Waals surface area contributed by atoms with Gasteiger partial charge in [-0.3, -0.25) is 0 Å². The van der Waals surface area contributed by atoms with Crippen LogP contribution in [0.3, 0.4) is 0 Å². The molecule has 1 nitrogen and oxygen atoms in total. The summed E-state index contributed by atoms with van der Waals surface area (Å²) in [6.45, 7) is 0. The number of furan rings is 1. The summed E-state index contributed by atoms with van der Waals surface area (Å²) in [7, 11) is 0. The van der Waals surface area contributed by atoms with Crippen LogP contribution >= 0.6 is 0 Å². The quantitative estimate of drug-likeness (QED) is 0.207. The van der Waals surface area contributed by atoms with Gasteiger partial charge >= 0.3 is 0 Å². The average Bonchev–Trinajstić information content (AvgIpc) is 3.41. The number of para-hydroxylation sites is 1. The van der Waals surface area contributed by atoms with E-state index in [4.69, 9.17) is 4.42 Å². The smallest absolute Gasteiger partial charge is 0.136 e. The third kappa shape index (κ3) is 3.18. The van der Waals surface area contributed by atoms with Crippen molar-refractivity contribution in [3.63, 3.8) is 0 Å². The highest BCUT2D eigenvalue weighted by Crippen LogP contribution is 2.49. The molecule has 0 N–H and O–H groups in total. The van der Waals surface area contributed by atoms with Crippen molar-refractivity contribution in [2.45, 2.75) is 0 Å². The zero-order valence-corrected chi connectivity index (χ0v) is 22.3. The standard InChI is InChI=1S/C40H24O/c1-3-15-27-25(12-1)14-11-22-29(27)37-30-17-5-7-19-32(30)38(33-20-8-6-18-31(33)37)40-28-16-4-2-13-26(28)24-36-39(40)34-21-9-10-23-35(34)41-36/h1-24H. The lowest BCUT2D eigenvalue weighted by atomic mass is 9.82. The van der Waals surface area contributed by atoms with E-state index in [9.17, 15) is 0 Å². The molecule has 0 aliphatic heterocycles. The Bertz CT molecular complexity index is 2410. The van der Waals surface area contributed by atoms with Gasteiger partial charge in [-0.15, -0.1) is 0 Å². The zero-order chi connectivity index (χ0) is 26.9. The predicted octanol–water partition coefficient (Wildman–Crippen LogP) is 11.5. The third-order valence-electron chi connectivity index (χ3n) is 8.63. The van der Waals surface area contributed by atoms with Crippen LogP contribution in [-0.4, -0.2) is 0 Å². The van der Waals surface area contributed by atoms with E-state index in [1.165, 1.54) is 70.7 Å². The SMILES string of the molecule is c1ccc2c(-c3c4ccccc4c(-c4c5ccccc5cc5oc6ccccc6c45)c4ccccc34)cccc2c1. The van der Waals surface area contributed by atoms with Crippen LogP contribution in [0.25, 0.3) is 87.3 Å². The first kappa shape index (κ1) is 22.4. The van der Waals surface area contributed by atoms with Gasteiger partial charge in [-0.05, 0) is 71.9 Å². The lowest BCUT2D eigenvalue weighted by molar-refractivity contribution is 0.669. The summed E-state index contributed by atoms with van der Waals surface area (Å²) in [5.74, 6) is 0. The molecular weight excluding hydrogens is 496 g/mol. The van der Waals surface area contributed by atoms with E-state index >= 15 is 0 Å². The number of hydrogen-bond acceptors (Lipinski definition) is 1. The summed E-state index contributed by atoms with van der Waals surface area (Å²) in [5.41, 5.74) is 6.88. The van der Waals surface area contributed by atoms with Crippen LogP contribution in [-0.2, 0) is 0 Å². The summed E-state index contributed by atoms with van der Waals surface area (Å²) < 4.78 is 6.49. The molecule has 1 heteroatoms. The van der Waals surface area contributed by atoms with Gasteiger partial charge in [-0.1, -0.05) is 133 Å². The lowest BCUT2D eigenvalue weighted by Crippen LogP contribution is -1.93. The Balaban J connectivity index is 1.55. The van der Waals surface area contributed by atoms with Crippen molar-refractivity contribution in [2.75, 3.05) is 0 Å². The number of fused-ring (bicyclic) bond motifs is 7. The van der Waals surface area contributed by atoms with E-state index in [1.54, 1.807) is 0 Å². The molecular formula is C40H24O. The molecule has 1 heterocycles. The Morgan fingerprint density at radius 1 is 0.317 bits per heavy atom. The molecule has 0 aliphatic carbocycles. The summed E-state index contributed by atoms with van der Waals surface area (Å²) in [4.78, 5) is 0. The lowest BCUT2D eigenvalue weighted by Gasteiger charge is -2.20. The molecule has 0 fully saturated rings. The fourth-order valence-electron chi connectivity index (χ4n) is 6.94. The molecule has 190 valence electrons. The fraction of sp³-hybridized carbons (Fsp3) is 0. The molecule has 41 heavy (non-hydrogen) atoms. The predicted molar refractivity (Wildman–Crippen MR) is 175 cm³/mol. The minimum atomic E-state index is 0.917. The van der Waals surface area contributed by atoms with Crippen LogP contribution in [0.5, 0.6) is 0 Å². The first-order chi connectivity index (χ1) is 20.4. The third-order valence-corrected chi connectivity index (χ3v) is 8.63. The van der Waals surface area contributed by atoms with Gasteiger partial charge < -0.3 is 4.42 Å². The average molecular weight is 521 g/mol. The van der Waals surface area contributed by atoms with Crippen LogP contribution in [0.1, 0.15) is 0 Å². The van der Waals surface area contributed by atoms with Crippen molar-refractivity contribution in [1.82, 2.24) is 0 Å². The van der Waals surface area contributed by atoms with Crippen molar-refractivity contribution in [3.05, 3.63) is 146 Å². The molecule has 0 saturated heterocycles. The molecule has 0 spiro atoms. The summed E-state index contributed by atoms with van der Waals surface area (Å²) >= 11 is 0. The van der Waals surface area contributed by atoms with Gasteiger partial charge in [0.2, 0.25) is 0 Å². The van der Waals surface area contributed by atoms with Gasteiger partial charge in [-0.2, -0.15) is 0 Å². The van der Waals surface area contributed by atoms with E-state index in [2.05, 4.69) is 140 Å². The van der Waals surface area contributed by atoms with Crippen LogP contribution in [0.2, 0.25) is 0 Å². The highest BCUT2D eigenvalue weighted by Gasteiger charge is 2.22. The summed E-state index contributed by atoms with van der Waals surface area (Å²) in [6.07, 6.45) is 0.